The smallest absolute Gasteiger partial charge is 0.221 e. The van der Waals surface area contributed by atoms with Crippen LogP contribution in [-0.4, -0.2) is 26.6 Å². The molecule has 0 unspecified atom stereocenters. The van der Waals surface area contributed by atoms with Crippen molar-refractivity contribution in [3.8, 4) is 0 Å². The molecule has 0 aliphatic heterocycles. The summed E-state index contributed by atoms with van der Waals surface area (Å²) in [4.78, 5) is 24.9. The second kappa shape index (κ2) is 12.8. The van der Waals surface area contributed by atoms with Gasteiger partial charge in [0, 0.05) is 32.8 Å². The zero-order valence-electron chi connectivity index (χ0n) is 15.0. The molecule has 2 heterocycles. The first-order valence-corrected chi connectivity index (χ1v) is 7.95. The van der Waals surface area contributed by atoms with Crippen LogP contribution in [0.4, 0.5) is 5.69 Å². The van der Waals surface area contributed by atoms with Crippen molar-refractivity contribution in [1.29, 1.82) is 0 Å². The van der Waals surface area contributed by atoms with E-state index in [2.05, 4.69) is 20.7 Å². The van der Waals surface area contributed by atoms with Crippen LogP contribution in [0.25, 0.3) is 0 Å². The number of hydrogen-bond donors (Lipinski definition) is 2. The SMILES string of the molecule is CC.CC(=O)Nc1cccnc1.CCn1nccc1CNC(C)=O. The Morgan fingerprint density at radius 3 is 2.33 bits per heavy atom. The molecule has 0 atom stereocenters. The quantitative estimate of drug-likeness (QED) is 0.900. The molecule has 0 spiro atoms. The van der Waals surface area contributed by atoms with E-state index in [4.69, 9.17) is 0 Å². The molecular weight excluding hydrogens is 306 g/mol. The summed E-state index contributed by atoms with van der Waals surface area (Å²) in [5.74, 6) is -0.0909. The summed E-state index contributed by atoms with van der Waals surface area (Å²) < 4.78 is 1.86. The van der Waals surface area contributed by atoms with E-state index in [0.717, 1.165) is 17.9 Å². The molecule has 2 N–H and O–H groups in total. The lowest BCUT2D eigenvalue weighted by molar-refractivity contribution is -0.119. The summed E-state index contributed by atoms with van der Waals surface area (Å²) in [5.41, 5.74) is 1.77. The highest BCUT2D eigenvalue weighted by Gasteiger charge is 1.99. The van der Waals surface area contributed by atoms with Crippen LogP contribution in [0.3, 0.4) is 0 Å². The van der Waals surface area contributed by atoms with Gasteiger partial charge in [-0.1, -0.05) is 13.8 Å². The summed E-state index contributed by atoms with van der Waals surface area (Å²) >= 11 is 0. The highest BCUT2D eigenvalue weighted by Crippen LogP contribution is 2.01. The van der Waals surface area contributed by atoms with Gasteiger partial charge in [0.15, 0.2) is 0 Å². The zero-order valence-corrected chi connectivity index (χ0v) is 15.0. The second-order valence-corrected chi connectivity index (χ2v) is 4.47. The largest absolute Gasteiger partial charge is 0.351 e. The number of hydrogen-bond acceptors (Lipinski definition) is 4. The predicted molar refractivity (Wildman–Crippen MR) is 95.3 cm³/mol. The third kappa shape index (κ3) is 9.34. The van der Waals surface area contributed by atoms with Gasteiger partial charge in [0.2, 0.25) is 11.8 Å². The lowest BCUT2D eigenvalue weighted by atomic mass is 10.4. The molecule has 132 valence electrons. The molecule has 7 heteroatoms. The van der Waals surface area contributed by atoms with Gasteiger partial charge in [0.05, 0.1) is 24.1 Å². The number of rotatable bonds is 4. The molecule has 0 saturated heterocycles. The molecule has 2 amide bonds. The van der Waals surface area contributed by atoms with E-state index in [0.29, 0.717) is 6.54 Å². The van der Waals surface area contributed by atoms with Crippen LogP contribution in [0.15, 0.2) is 36.8 Å². The number of aryl methyl sites for hydroxylation is 1. The Hall–Kier alpha value is -2.70. The predicted octanol–water partition coefficient (Wildman–Crippen LogP) is 2.61. The maximum Gasteiger partial charge on any atom is 0.221 e. The number of carbonyl (C=O) groups excluding carboxylic acids is 2. The molecule has 24 heavy (non-hydrogen) atoms. The van der Waals surface area contributed by atoms with E-state index >= 15 is 0 Å². The Morgan fingerprint density at radius 2 is 1.83 bits per heavy atom. The zero-order chi connectivity index (χ0) is 18.4. The molecule has 0 radical (unpaired) electrons. The van der Waals surface area contributed by atoms with Gasteiger partial charge in [-0.25, -0.2) is 0 Å². The first-order chi connectivity index (χ1) is 11.5. The molecule has 0 aliphatic rings. The lowest BCUT2D eigenvalue weighted by Gasteiger charge is -2.04. The van der Waals surface area contributed by atoms with Crippen LogP contribution < -0.4 is 10.6 Å². The molecule has 7 nitrogen and oxygen atoms in total. The average Bonchev–Trinajstić information content (AvgIpc) is 3.03. The maximum atomic E-state index is 10.6. The normalized spacial score (nSPS) is 8.88. The van der Waals surface area contributed by atoms with Crippen molar-refractivity contribution in [3.63, 3.8) is 0 Å². The monoisotopic (exact) mass is 333 g/mol. The van der Waals surface area contributed by atoms with Crippen LogP contribution in [0.5, 0.6) is 0 Å². The maximum absolute atomic E-state index is 10.6. The van der Waals surface area contributed by atoms with Gasteiger partial charge < -0.3 is 10.6 Å². The van der Waals surface area contributed by atoms with Gasteiger partial charge in [-0.2, -0.15) is 5.10 Å². The van der Waals surface area contributed by atoms with E-state index in [9.17, 15) is 9.59 Å². The van der Waals surface area contributed by atoms with Gasteiger partial charge >= 0.3 is 0 Å². The average molecular weight is 333 g/mol. The van der Waals surface area contributed by atoms with Crippen LogP contribution in [0.2, 0.25) is 0 Å². The van der Waals surface area contributed by atoms with Crippen LogP contribution in [0.1, 0.15) is 40.3 Å². The van der Waals surface area contributed by atoms with Crippen molar-refractivity contribution in [1.82, 2.24) is 20.1 Å². The van der Waals surface area contributed by atoms with Crippen LogP contribution in [0, 0.1) is 0 Å². The number of nitrogens with zero attached hydrogens (tertiary/aromatic N) is 3. The standard InChI is InChI=1S/C8H13N3O.C7H8N2O.C2H6/c1-3-11-8(4-5-10-11)6-9-7(2)12;1-6(10)9-7-3-2-4-8-5-7;1-2/h4-5H,3,6H2,1-2H3,(H,9,12);2-5H,1H3,(H,9,10);1-2H3. The number of pyridine rings is 1. The van der Waals surface area contributed by atoms with E-state index in [1.54, 1.807) is 30.7 Å². The van der Waals surface area contributed by atoms with Gasteiger partial charge in [0.25, 0.3) is 0 Å². The molecule has 0 aromatic carbocycles. The van der Waals surface area contributed by atoms with Crippen molar-refractivity contribution in [2.24, 2.45) is 0 Å². The van der Waals surface area contributed by atoms with E-state index in [1.807, 2.05) is 31.5 Å². The molecule has 2 aromatic heterocycles. The van der Waals surface area contributed by atoms with Crippen LogP contribution >= 0.6 is 0 Å². The Bertz CT molecular complexity index is 596. The topological polar surface area (TPSA) is 88.9 Å². The lowest BCUT2D eigenvalue weighted by Crippen LogP contribution is -2.21. The number of nitrogens with one attached hydrogen (secondary N) is 2. The summed E-state index contributed by atoms with van der Waals surface area (Å²) in [6, 6.07) is 5.46. The number of anilines is 1. The van der Waals surface area contributed by atoms with Crippen molar-refractivity contribution in [2.45, 2.75) is 47.7 Å². The first kappa shape index (κ1) is 21.3. The third-order valence-electron chi connectivity index (χ3n) is 2.60. The fourth-order valence-electron chi connectivity index (χ4n) is 1.65. The Balaban J connectivity index is 0.000000405. The van der Waals surface area contributed by atoms with Gasteiger partial charge in [0.1, 0.15) is 0 Å². The molecular formula is C17H27N5O2. The molecule has 2 aromatic rings. The summed E-state index contributed by atoms with van der Waals surface area (Å²) in [7, 11) is 0. The molecule has 0 bridgehead atoms. The fourth-order valence-corrected chi connectivity index (χ4v) is 1.65. The Morgan fingerprint density at radius 1 is 1.12 bits per heavy atom. The van der Waals surface area contributed by atoms with E-state index < -0.39 is 0 Å². The number of aromatic nitrogens is 3. The Labute approximate surface area is 143 Å². The number of carbonyl (C=O) groups is 2. The van der Waals surface area contributed by atoms with E-state index in [1.165, 1.54) is 13.8 Å². The Kier molecular flexibility index (Phi) is 11.4. The molecule has 0 aliphatic carbocycles. The molecule has 0 saturated carbocycles. The van der Waals surface area contributed by atoms with Gasteiger partial charge in [-0.15, -0.1) is 0 Å². The van der Waals surface area contributed by atoms with Gasteiger partial charge in [-0.05, 0) is 25.1 Å². The fraction of sp³-hybridized carbons (Fsp3) is 0.412. The van der Waals surface area contributed by atoms with Crippen molar-refractivity contribution in [2.75, 3.05) is 5.32 Å². The van der Waals surface area contributed by atoms with Crippen LogP contribution in [-0.2, 0) is 22.7 Å². The summed E-state index contributed by atoms with van der Waals surface area (Å²) in [5, 5.41) is 9.40. The highest BCUT2D eigenvalue weighted by atomic mass is 16.2. The molecule has 2 rings (SSSR count). The third-order valence-corrected chi connectivity index (χ3v) is 2.60. The van der Waals surface area contributed by atoms with E-state index in [-0.39, 0.29) is 11.8 Å². The van der Waals surface area contributed by atoms with Crippen molar-refractivity contribution < 1.29 is 9.59 Å². The highest BCUT2D eigenvalue weighted by molar-refractivity contribution is 5.88. The summed E-state index contributed by atoms with van der Waals surface area (Å²) in [6.07, 6.45) is 4.99. The van der Waals surface area contributed by atoms with Crippen molar-refractivity contribution >= 4 is 17.5 Å². The minimum absolute atomic E-state index is 0.0150. The van der Waals surface area contributed by atoms with Gasteiger partial charge in [-0.3, -0.25) is 19.3 Å². The number of amides is 2. The van der Waals surface area contributed by atoms with Crippen molar-refractivity contribution in [3.05, 3.63) is 42.5 Å². The first-order valence-electron chi connectivity index (χ1n) is 7.95. The minimum Gasteiger partial charge on any atom is -0.351 e. The summed E-state index contributed by atoms with van der Waals surface area (Å²) in [6.45, 7) is 10.4. The second-order valence-electron chi connectivity index (χ2n) is 4.47. The minimum atomic E-state index is -0.0759. The molecule has 0 fully saturated rings.